The number of hydrogen-bond acceptors (Lipinski definition) is 4. The van der Waals surface area contributed by atoms with Gasteiger partial charge in [-0.25, -0.2) is 9.78 Å². The van der Waals surface area contributed by atoms with E-state index in [2.05, 4.69) is 63.5 Å². The minimum Gasteiger partial charge on any atom is -0.357 e. The standard InChI is InChI=1S/C23H33N5O/c1-3-28(4-2)22-11-10-20(16-24-22)17-25-23(29)26-21-12-14-27(15-13-21)18-19-8-6-5-7-9-19/h5-11,16,21H,3-4,12-15,17-18H2,1-2H3,(H2,25,26,29). The Morgan fingerprint density at radius 3 is 2.41 bits per heavy atom. The first kappa shape index (κ1) is 21.1. The number of rotatable bonds is 8. The minimum absolute atomic E-state index is 0.0978. The lowest BCUT2D eigenvalue weighted by atomic mass is 10.0. The zero-order chi connectivity index (χ0) is 20.5. The van der Waals surface area contributed by atoms with Crippen molar-refractivity contribution in [1.82, 2.24) is 20.5 Å². The number of carbonyl (C=O) groups excluding carboxylic acids is 1. The molecule has 0 unspecified atom stereocenters. The van der Waals surface area contributed by atoms with Crippen molar-refractivity contribution in [2.75, 3.05) is 31.1 Å². The van der Waals surface area contributed by atoms with E-state index in [9.17, 15) is 4.79 Å². The van der Waals surface area contributed by atoms with Crippen LogP contribution in [0.5, 0.6) is 0 Å². The van der Waals surface area contributed by atoms with Crippen LogP contribution in [0, 0.1) is 0 Å². The van der Waals surface area contributed by atoms with Gasteiger partial charge in [-0.1, -0.05) is 36.4 Å². The Morgan fingerprint density at radius 2 is 1.79 bits per heavy atom. The van der Waals surface area contributed by atoms with E-state index in [4.69, 9.17) is 0 Å². The molecule has 6 nitrogen and oxygen atoms in total. The largest absolute Gasteiger partial charge is 0.357 e. The van der Waals surface area contributed by atoms with E-state index in [-0.39, 0.29) is 12.1 Å². The van der Waals surface area contributed by atoms with Gasteiger partial charge in [0.25, 0.3) is 0 Å². The van der Waals surface area contributed by atoms with Crippen LogP contribution in [0.1, 0.15) is 37.8 Å². The number of piperidine rings is 1. The molecule has 0 atom stereocenters. The van der Waals surface area contributed by atoms with Gasteiger partial charge in [0, 0.05) is 51.5 Å². The highest BCUT2D eigenvalue weighted by atomic mass is 16.2. The summed E-state index contributed by atoms with van der Waals surface area (Å²) in [7, 11) is 0. The van der Waals surface area contributed by atoms with Crippen molar-refractivity contribution < 1.29 is 4.79 Å². The smallest absolute Gasteiger partial charge is 0.315 e. The fourth-order valence-electron chi connectivity index (χ4n) is 3.75. The van der Waals surface area contributed by atoms with Crippen LogP contribution in [-0.4, -0.2) is 48.1 Å². The third kappa shape index (κ3) is 6.46. The third-order valence-corrected chi connectivity index (χ3v) is 5.52. The average Bonchev–Trinajstić information content (AvgIpc) is 2.76. The van der Waals surface area contributed by atoms with E-state index in [1.54, 1.807) is 0 Å². The first-order valence-electron chi connectivity index (χ1n) is 10.7. The van der Waals surface area contributed by atoms with Gasteiger partial charge in [0.05, 0.1) is 0 Å². The van der Waals surface area contributed by atoms with Gasteiger partial charge in [-0.3, -0.25) is 4.90 Å². The predicted octanol–water partition coefficient (Wildman–Crippen LogP) is 3.39. The fraction of sp³-hybridized carbons (Fsp3) is 0.478. The summed E-state index contributed by atoms with van der Waals surface area (Å²) in [5, 5.41) is 6.07. The number of nitrogens with zero attached hydrogens (tertiary/aromatic N) is 3. The van der Waals surface area contributed by atoms with Crippen molar-refractivity contribution in [3.8, 4) is 0 Å². The van der Waals surface area contributed by atoms with Crippen LogP contribution in [-0.2, 0) is 13.1 Å². The number of carbonyl (C=O) groups is 1. The second-order valence-corrected chi connectivity index (χ2v) is 7.56. The predicted molar refractivity (Wildman–Crippen MR) is 118 cm³/mol. The second-order valence-electron chi connectivity index (χ2n) is 7.56. The summed E-state index contributed by atoms with van der Waals surface area (Å²) in [6.45, 7) is 9.61. The molecule has 3 rings (SSSR count). The van der Waals surface area contributed by atoms with Gasteiger partial charge in [-0.15, -0.1) is 0 Å². The molecule has 1 saturated heterocycles. The van der Waals surface area contributed by atoms with Crippen molar-refractivity contribution in [2.24, 2.45) is 0 Å². The Balaban J connectivity index is 1.37. The molecule has 1 aromatic carbocycles. The molecule has 2 N–H and O–H groups in total. The van der Waals surface area contributed by atoms with E-state index < -0.39 is 0 Å². The SMILES string of the molecule is CCN(CC)c1ccc(CNC(=O)NC2CCN(Cc3ccccc3)CC2)cn1. The number of anilines is 1. The highest BCUT2D eigenvalue weighted by Gasteiger charge is 2.20. The fourth-order valence-corrected chi connectivity index (χ4v) is 3.75. The van der Waals surface area contributed by atoms with Crippen LogP contribution in [0.25, 0.3) is 0 Å². The molecule has 1 fully saturated rings. The van der Waals surface area contributed by atoms with Crippen molar-refractivity contribution in [3.05, 3.63) is 59.8 Å². The molecule has 0 aliphatic carbocycles. The van der Waals surface area contributed by atoms with Gasteiger partial charge in [-0.05, 0) is 43.9 Å². The Labute approximate surface area is 174 Å². The van der Waals surface area contributed by atoms with Crippen molar-refractivity contribution in [1.29, 1.82) is 0 Å². The summed E-state index contributed by atoms with van der Waals surface area (Å²) < 4.78 is 0. The summed E-state index contributed by atoms with van der Waals surface area (Å²) in [6, 6.07) is 14.7. The number of aromatic nitrogens is 1. The molecule has 2 aromatic rings. The Hall–Kier alpha value is -2.60. The molecule has 2 amide bonds. The van der Waals surface area contributed by atoms with E-state index >= 15 is 0 Å². The lowest BCUT2D eigenvalue weighted by Gasteiger charge is -2.32. The lowest BCUT2D eigenvalue weighted by molar-refractivity contribution is 0.186. The van der Waals surface area contributed by atoms with Gasteiger partial charge in [0.1, 0.15) is 5.82 Å². The molecular formula is C23H33N5O. The molecule has 2 heterocycles. The van der Waals surface area contributed by atoms with Gasteiger partial charge in [0.15, 0.2) is 0 Å². The van der Waals surface area contributed by atoms with Crippen LogP contribution in [0.3, 0.4) is 0 Å². The van der Waals surface area contributed by atoms with Crippen LogP contribution in [0.2, 0.25) is 0 Å². The van der Waals surface area contributed by atoms with Crippen molar-refractivity contribution >= 4 is 11.8 Å². The molecule has 6 heteroatoms. The van der Waals surface area contributed by atoms with E-state index in [1.807, 2.05) is 24.4 Å². The molecule has 0 radical (unpaired) electrons. The third-order valence-electron chi connectivity index (χ3n) is 5.52. The lowest BCUT2D eigenvalue weighted by Crippen LogP contribution is -2.47. The summed E-state index contributed by atoms with van der Waals surface area (Å²) in [5.41, 5.74) is 2.35. The normalized spacial score (nSPS) is 15.1. The van der Waals surface area contributed by atoms with Gasteiger partial charge in [0.2, 0.25) is 0 Å². The monoisotopic (exact) mass is 395 g/mol. The highest BCUT2D eigenvalue weighted by molar-refractivity contribution is 5.74. The zero-order valence-corrected chi connectivity index (χ0v) is 17.6. The number of likely N-dealkylation sites (tertiary alicyclic amines) is 1. The first-order chi connectivity index (χ1) is 14.2. The number of pyridine rings is 1. The molecule has 0 spiro atoms. The van der Waals surface area contributed by atoms with Crippen LogP contribution >= 0.6 is 0 Å². The number of benzene rings is 1. The maximum Gasteiger partial charge on any atom is 0.315 e. The van der Waals surface area contributed by atoms with Crippen LogP contribution in [0.4, 0.5) is 10.6 Å². The van der Waals surface area contributed by atoms with Crippen molar-refractivity contribution in [3.63, 3.8) is 0 Å². The zero-order valence-electron chi connectivity index (χ0n) is 17.6. The average molecular weight is 396 g/mol. The first-order valence-corrected chi connectivity index (χ1v) is 10.7. The number of amides is 2. The summed E-state index contributed by atoms with van der Waals surface area (Å²) in [4.78, 5) is 21.4. The van der Waals surface area contributed by atoms with E-state index in [0.717, 1.165) is 56.9 Å². The second kappa shape index (κ2) is 10.8. The molecule has 1 aliphatic rings. The summed E-state index contributed by atoms with van der Waals surface area (Å²) in [5.74, 6) is 0.977. The summed E-state index contributed by atoms with van der Waals surface area (Å²) >= 11 is 0. The number of nitrogens with one attached hydrogen (secondary N) is 2. The minimum atomic E-state index is -0.0978. The van der Waals surface area contributed by atoms with E-state index in [1.165, 1.54) is 5.56 Å². The molecule has 1 aliphatic heterocycles. The summed E-state index contributed by atoms with van der Waals surface area (Å²) in [6.07, 6.45) is 3.82. The Morgan fingerprint density at radius 1 is 1.07 bits per heavy atom. The van der Waals surface area contributed by atoms with Crippen LogP contribution in [0.15, 0.2) is 48.7 Å². The maximum atomic E-state index is 12.3. The maximum absolute atomic E-state index is 12.3. The highest BCUT2D eigenvalue weighted by Crippen LogP contribution is 2.14. The molecular weight excluding hydrogens is 362 g/mol. The molecule has 156 valence electrons. The van der Waals surface area contributed by atoms with Crippen LogP contribution < -0.4 is 15.5 Å². The molecule has 1 aromatic heterocycles. The van der Waals surface area contributed by atoms with E-state index in [0.29, 0.717) is 6.54 Å². The van der Waals surface area contributed by atoms with Gasteiger partial charge in [-0.2, -0.15) is 0 Å². The van der Waals surface area contributed by atoms with Crippen molar-refractivity contribution in [2.45, 2.75) is 45.8 Å². The number of urea groups is 1. The number of hydrogen-bond donors (Lipinski definition) is 2. The quantitative estimate of drug-likeness (QED) is 0.719. The molecule has 0 bridgehead atoms. The van der Waals surface area contributed by atoms with Gasteiger partial charge < -0.3 is 15.5 Å². The molecule has 0 saturated carbocycles. The Bertz CT molecular complexity index is 738. The topological polar surface area (TPSA) is 60.5 Å². The van der Waals surface area contributed by atoms with Gasteiger partial charge >= 0.3 is 6.03 Å². The molecule has 29 heavy (non-hydrogen) atoms. The Kier molecular flexibility index (Phi) is 7.87.